The van der Waals surface area contributed by atoms with Gasteiger partial charge < -0.3 is 19.6 Å². The van der Waals surface area contributed by atoms with E-state index in [0.29, 0.717) is 11.8 Å². The lowest BCUT2D eigenvalue weighted by Gasteiger charge is -2.40. The Labute approximate surface area is 235 Å². The van der Waals surface area contributed by atoms with Crippen LogP contribution in [-0.4, -0.2) is 37.8 Å². The van der Waals surface area contributed by atoms with Crippen molar-refractivity contribution in [2.24, 2.45) is 11.8 Å². The Kier molecular flexibility index (Phi) is 12.4. The Bertz CT molecular complexity index is 809. The lowest BCUT2D eigenvalue weighted by atomic mass is 9.76. The molecule has 38 heavy (non-hydrogen) atoms. The SMILES string of the molecule is C[C@H](O[Si](C)(C)C(C)(C)C)C(C/C=C/O[C@@H](C1CCCCC1)[C@@H](O)C1CCCCC1)NCc1ccccc1. The third-order valence-electron chi connectivity index (χ3n) is 9.57. The number of benzene rings is 1. The average molecular weight is 544 g/mol. The lowest BCUT2D eigenvalue weighted by Crippen LogP contribution is -2.49. The fourth-order valence-corrected chi connectivity index (χ4v) is 7.48. The van der Waals surface area contributed by atoms with Crippen molar-refractivity contribution in [1.82, 2.24) is 5.32 Å². The van der Waals surface area contributed by atoms with Crippen molar-refractivity contribution in [3.8, 4) is 0 Å². The van der Waals surface area contributed by atoms with Crippen LogP contribution in [0.3, 0.4) is 0 Å². The molecule has 1 aromatic rings. The Hall–Kier alpha value is -1.14. The number of hydrogen-bond donors (Lipinski definition) is 2. The van der Waals surface area contributed by atoms with Gasteiger partial charge in [-0.05, 0) is 80.6 Å². The van der Waals surface area contributed by atoms with E-state index in [1.807, 2.05) is 6.26 Å². The second-order valence-corrected chi connectivity index (χ2v) is 18.3. The Morgan fingerprint density at radius 3 is 2.11 bits per heavy atom. The summed E-state index contributed by atoms with van der Waals surface area (Å²) in [7, 11) is -1.89. The summed E-state index contributed by atoms with van der Waals surface area (Å²) in [6.45, 7) is 14.6. The summed E-state index contributed by atoms with van der Waals surface area (Å²) in [5.74, 6) is 0.862. The zero-order valence-electron chi connectivity index (χ0n) is 25.3. The molecule has 0 radical (unpaired) electrons. The summed E-state index contributed by atoms with van der Waals surface area (Å²) in [6, 6.07) is 10.8. The van der Waals surface area contributed by atoms with Crippen LogP contribution in [0.25, 0.3) is 0 Å². The maximum atomic E-state index is 11.4. The molecule has 2 saturated carbocycles. The van der Waals surface area contributed by atoms with Gasteiger partial charge in [0.25, 0.3) is 0 Å². The molecule has 0 bridgehead atoms. The normalized spacial score (nSPS) is 21.8. The third kappa shape index (κ3) is 9.50. The van der Waals surface area contributed by atoms with Gasteiger partial charge in [-0.15, -0.1) is 0 Å². The van der Waals surface area contributed by atoms with Gasteiger partial charge in [0.1, 0.15) is 6.10 Å². The van der Waals surface area contributed by atoms with Gasteiger partial charge in [0.15, 0.2) is 8.32 Å². The van der Waals surface area contributed by atoms with Crippen LogP contribution in [0.2, 0.25) is 18.1 Å². The predicted octanol–water partition coefficient (Wildman–Crippen LogP) is 8.37. The largest absolute Gasteiger partial charge is 0.495 e. The number of nitrogens with one attached hydrogen (secondary N) is 1. The van der Waals surface area contributed by atoms with Crippen molar-refractivity contribution in [3.63, 3.8) is 0 Å². The number of hydrogen-bond acceptors (Lipinski definition) is 4. The van der Waals surface area contributed by atoms with Crippen LogP contribution >= 0.6 is 0 Å². The van der Waals surface area contributed by atoms with Gasteiger partial charge in [-0.1, -0.05) is 89.6 Å². The van der Waals surface area contributed by atoms with Gasteiger partial charge in [-0.2, -0.15) is 0 Å². The van der Waals surface area contributed by atoms with Crippen molar-refractivity contribution in [1.29, 1.82) is 0 Å². The topological polar surface area (TPSA) is 50.7 Å². The summed E-state index contributed by atoms with van der Waals surface area (Å²) in [4.78, 5) is 0. The summed E-state index contributed by atoms with van der Waals surface area (Å²) in [5, 5.41) is 15.4. The Balaban J connectivity index is 1.66. The first-order valence-electron chi connectivity index (χ1n) is 15.5. The summed E-state index contributed by atoms with van der Waals surface area (Å²) in [5.41, 5.74) is 1.28. The van der Waals surface area contributed by atoms with E-state index in [2.05, 4.69) is 82.5 Å². The minimum absolute atomic E-state index is 0.0775. The third-order valence-corrected chi connectivity index (χ3v) is 14.1. The minimum Gasteiger partial charge on any atom is -0.495 e. The highest BCUT2D eigenvalue weighted by atomic mass is 28.4. The van der Waals surface area contributed by atoms with Crippen molar-refractivity contribution in [3.05, 3.63) is 48.2 Å². The van der Waals surface area contributed by atoms with E-state index in [0.717, 1.165) is 25.8 Å². The van der Waals surface area contributed by atoms with Crippen molar-refractivity contribution >= 4 is 8.32 Å². The number of aliphatic hydroxyl groups excluding tert-OH is 1. The molecule has 4 nitrogen and oxygen atoms in total. The van der Waals surface area contributed by atoms with Gasteiger partial charge >= 0.3 is 0 Å². The Morgan fingerprint density at radius 2 is 1.53 bits per heavy atom. The summed E-state index contributed by atoms with van der Waals surface area (Å²) in [6.07, 6.45) is 16.9. The first-order valence-corrected chi connectivity index (χ1v) is 18.4. The number of aliphatic hydroxyl groups is 1. The zero-order chi connectivity index (χ0) is 27.6. The molecule has 1 unspecified atom stereocenters. The van der Waals surface area contributed by atoms with Gasteiger partial charge in [-0.3, -0.25) is 0 Å². The molecular weight excluding hydrogens is 486 g/mol. The number of rotatable bonds is 13. The molecule has 3 rings (SSSR count). The van der Waals surface area contributed by atoms with E-state index in [4.69, 9.17) is 9.16 Å². The smallest absolute Gasteiger partial charge is 0.192 e. The second-order valence-electron chi connectivity index (χ2n) is 13.6. The van der Waals surface area contributed by atoms with Crippen LogP contribution in [0.15, 0.2) is 42.7 Å². The summed E-state index contributed by atoms with van der Waals surface area (Å²) < 4.78 is 13.3. The summed E-state index contributed by atoms with van der Waals surface area (Å²) >= 11 is 0. The minimum atomic E-state index is -1.89. The molecule has 1 aromatic carbocycles. The first kappa shape index (κ1) is 31.4. The molecule has 2 N–H and O–H groups in total. The average Bonchev–Trinajstić information content (AvgIpc) is 2.90. The van der Waals surface area contributed by atoms with Crippen molar-refractivity contribution < 1.29 is 14.3 Å². The van der Waals surface area contributed by atoms with Gasteiger partial charge in [0, 0.05) is 12.6 Å². The fourth-order valence-electron chi connectivity index (χ4n) is 6.03. The maximum absolute atomic E-state index is 11.4. The molecule has 2 fully saturated rings. The van der Waals surface area contributed by atoms with Crippen LogP contribution in [0, 0.1) is 11.8 Å². The molecule has 2 aliphatic rings. The maximum Gasteiger partial charge on any atom is 0.192 e. The van der Waals surface area contributed by atoms with E-state index in [1.165, 1.54) is 56.9 Å². The highest BCUT2D eigenvalue weighted by molar-refractivity contribution is 6.74. The van der Waals surface area contributed by atoms with E-state index < -0.39 is 8.32 Å². The molecular formula is C33H57NO3Si. The number of ether oxygens (including phenoxy) is 1. The standard InChI is InChI=1S/C33H57NO3Si/c1-26(37-38(5,6)33(2,3)4)30(34-25-27-17-10-7-11-18-27)23-16-24-36-32(29-21-14-9-15-22-29)31(35)28-19-12-8-13-20-28/h7,10-11,16-18,24,26,28-32,34-35H,8-9,12-15,19-23,25H2,1-6H3/b24-16+/t26-,30?,31-,32-/m0/s1. The van der Waals surface area contributed by atoms with E-state index >= 15 is 0 Å². The highest BCUT2D eigenvalue weighted by Crippen LogP contribution is 2.38. The van der Waals surface area contributed by atoms with Crippen molar-refractivity contribution in [2.45, 2.75) is 147 Å². The van der Waals surface area contributed by atoms with E-state index in [9.17, 15) is 5.11 Å². The second kappa shape index (κ2) is 15.0. The van der Waals surface area contributed by atoms with Crippen LogP contribution in [0.5, 0.6) is 0 Å². The quantitative estimate of drug-likeness (QED) is 0.194. The highest BCUT2D eigenvalue weighted by Gasteiger charge is 2.40. The monoisotopic (exact) mass is 543 g/mol. The van der Waals surface area contributed by atoms with Crippen LogP contribution < -0.4 is 5.32 Å². The van der Waals surface area contributed by atoms with Gasteiger partial charge in [0.05, 0.1) is 18.5 Å². The van der Waals surface area contributed by atoms with Crippen molar-refractivity contribution in [2.75, 3.05) is 0 Å². The van der Waals surface area contributed by atoms with Gasteiger partial charge in [-0.25, -0.2) is 0 Å². The fraction of sp³-hybridized carbons (Fsp3) is 0.758. The molecule has 0 aromatic heterocycles. The van der Waals surface area contributed by atoms with Crippen LogP contribution in [-0.2, 0) is 15.7 Å². The molecule has 5 heteroatoms. The van der Waals surface area contributed by atoms with Crippen LogP contribution in [0.1, 0.15) is 104 Å². The van der Waals surface area contributed by atoms with E-state index in [1.54, 1.807) is 0 Å². The molecule has 0 aliphatic heterocycles. The molecule has 0 heterocycles. The molecule has 0 saturated heterocycles. The predicted molar refractivity (Wildman–Crippen MR) is 163 cm³/mol. The molecule has 216 valence electrons. The molecule has 0 amide bonds. The first-order chi connectivity index (χ1) is 18.1. The lowest BCUT2D eigenvalue weighted by molar-refractivity contribution is -0.0690. The van der Waals surface area contributed by atoms with E-state index in [-0.39, 0.29) is 29.4 Å². The van der Waals surface area contributed by atoms with Gasteiger partial charge in [0.2, 0.25) is 0 Å². The zero-order valence-corrected chi connectivity index (χ0v) is 26.3. The molecule has 2 aliphatic carbocycles. The Morgan fingerprint density at radius 1 is 0.947 bits per heavy atom. The molecule has 4 atom stereocenters. The molecule has 0 spiro atoms. The van der Waals surface area contributed by atoms with Crippen LogP contribution in [0.4, 0.5) is 0 Å².